The third kappa shape index (κ3) is 4.51. The first-order valence-electron chi connectivity index (χ1n) is 10.1. The van der Waals surface area contributed by atoms with Crippen molar-refractivity contribution in [1.29, 1.82) is 0 Å². The monoisotopic (exact) mass is 545 g/mol. The van der Waals surface area contributed by atoms with Crippen LogP contribution >= 0.6 is 50.5 Å². The Bertz CT molecular complexity index is 1040. The molecule has 2 aliphatic rings. The summed E-state index contributed by atoms with van der Waals surface area (Å²) in [5, 5.41) is 20.7. The zero-order valence-electron chi connectivity index (χ0n) is 17.2. The molecule has 2 unspecified atom stereocenters. The van der Waals surface area contributed by atoms with Gasteiger partial charge in [0, 0.05) is 19.8 Å². The number of nitrogens with zero attached hydrogens (tertiary/aromatic N) is 3. The quantitative estimate of drug-likeness (QED) is 0.521. The van der Waals surface area contributed by atoms with Gasteiger partial charge in [0.25, 0.3) is 0 Å². The van der Waals surface area contributed by atoms with Gasteiger partial charge in [0.15, 0.2) is 5.71 Å². The Hall–Kier alpha value is -1.16. The zero-order chi connectivity index (χ0) is 22.4. The Kier molecular flexibility index (Phi) is 6.42. The number of halogens is 3. The predicted molar refractivity (Wildman–Crippen MR) is 130 cm³/mol. The molecule has 0 saturated carbocycles. The molecule has 166 valence electrons. The van der Waals surface area contributed by atoms with Crippen LogP contribution in [-0.4, -0.2) is 47.1 Å². The van der Waals surface area contributed by atoms with E-state index >= 15 is 0 Å². The highest BCUT2D eigenvalue weighted by molar-refractivity contribution is 9.10. The number of anilines is 1. The number of aliphatic hydroxyl groups is 1. The molecular weight excluding hydrogens is 523 g/mol. The second kappa shape index (κ2) is 8.65. The largest absolute Gasteiger partial charge is 0.381 e. The van der Waals surface area contributed by atoms with E-state index in [1.165, 1.54) is 17.8 Å². The highest BCUT2D eigenvalue weighted by Crippen LogP contribution is 2.46. The lowest BCUT2D eigenvalue weighted by molar-refractivity contribution is -0.947. The number of amides is 1. The van der Waals surface area contributed by atoms with Gasteiger partial charge >= 0.3 is 5.91 Å². The second-order valence-electron chi connectivity index (χ2n) is 8.45. The molecule has 1 saturated heterocycles. The number of quaternary nitrogens is 1. The summed E-state index contributed by atoms with van der Waals surface area (Å²) in [7, 11) is 2.00. The summed E-state index contributed by atoms with van der Waals surface area (Å²) in [5.41, 5.74) is 2.19. The molecule has 0 radical (unpaired) electrons. The molecule has 1 amide bonds. The van der Waals surface area contributed by atoms with Crippen molar-refractivity contribution >= 4 is 67.8 Å². The minimum atomic E-state index is -1.54. The smallest absolute Gasteiger partial charge is 0.315 e. The van der Waals surface area contributed by atoms with Crippen LogP contribution in [-0.2, 0) is 4.79 Å². The number of carbonyl (C=O) groups excluding carboxylic acids is 1. The van der Waals surface area contributed by atoms with E-state index in [-0.39, 0.29) is 11.6 Å². The fraction of sp³-hybridized carbons (Fsp3) is 0.429. The summed E-state index contributed by atoms with van der Waals surface area (Å²) in [5.74, 6) is -0.373. The maximum Gasteiger partial charge on any atom is 0.315 e. The zero-order valence-corrected chi connectivity index (χ0v) is 21.2. The molecule has 0 bridgehead atoms. The number of hydrogen-bond donors (Lipinski definition) is 2. The number of hydrogen-bond acceptors (Lipinski definition) is 5. The first-order valence-corrected chi connectivity index (χ1v) is 12.5. The van der Waals surface area contributed by atoms with Gasteiger partial charge in [0.1, 0.15) is 24.7 Å². The summed E-state index contributed by atoms with van der Waals surface area (Å²) in [6.45, 7) is 3.34. The fourth-order valence-corrected chi connectivity index (χ4v) is 6.40. The number of thiophene rings is 1. The van der Waals surface area contributed by atoms with Gasteiger partial charge in [-0.05, 0) is 66.4 Å². The molecule has 2 aromatic rings. The van der Waals surface area contributed by atoms with E-state index in [2.05, 4.69) is 26.5 Å². The average molecular weight is 547 g/mol. The number of rotatable bonds is 4. The van der Waals surface area contributed by atoms with Crippen LogP contribution in [0.2, 0.25) is 10.0 Å². The normalized spacial score (nSPS) is 25.4. The van der Waals surface area contributed by atoms with E-state index in [1.54, 1.807) is 30.1 Å². The van der Waals surface area contributed by atoms with E-state index in [0.717, 1.165) is 35.3 Å². The number of hydrazone groups is 1. The van der Waals surface area contributed by atoms with Gasteiger partial charge in [-0.3, -0.25) is 9.80 Å². The predicted octanol–water partition coefficient (Wildman–Crippen LogP) is 5.15. The van der Waals surface area contributed by atoms with E-state index in [1.807, 2.05) is 18.5 Å². The molecule has 0 aliphatic carbocycles. The first kappa shape index (κ1) is 23.0. The van der Waals surface area contributed by atoms with E-state index < -0.39 is 11.6 Å². The fourth-order valence-electron chi connectivity index (χ4n) is 4.26. The number of carbonyl (C=O) groups is 1. The first-order chi connectivity index (χ1) is 14.6. The van der Waals surface area contributed by atoms with Crippen LogP contribution in [0.15, 0.2) is 39.2 Å². The van der Waals surface area contributed by atoms with Crippen LogP contribution in [0.4, 0.5) is 5.69 Å². The highest BCUT2D eigenvalue weighted by Gasteiger charge is 2.52. The van der Waals surface area contributed by atoms with Gasteiger partial charge in [-0.25, -0.2) is 4.59 Å². The Labute approximate surface area is 204 Å². The second-order valence-corrected chi connectivity index (χ2v) is 11.2. The SMILES string of the molecule is CC1(O)C(C(=O)N[N+]2(C)CCCCC2)=NN(c2ccc(Cl)cc2Cl)C1c1cc(Br)cs1. The molecule has 1 fully saturated rings. The van der Waals surface area contributed by atoms with Gasteiger partial charge < -0.3 is 5.11 Å². The molecule has 2 N–H and O–H groups in total. The lowest BCUT2D eigenvalue weighted by atomic mass is 9.90. The number of likely N-dealkylation sites (tertiary alicyclic amines) is 1. The van der Waals surface area contributed by atoms with Crippen molar-refractivity contribution in [3.05, 3.63) is 49.0 Å². The van der Waals surface area contributed by atoms with Crippen molar-refractivity contribution in [3.8, 4) is 0 Å². The van der Waals surface area contributed by atoms with E-state index in [0.29, 0.717) is 20.3 Å². The van der Waals surface area contributed by atoms with Crippen LogP contribution in [0.3, 0.4) is 0 Å². The standard InChI is InChI=1S/C21H23BrCl2N4O2S/c1-21(30)18(20(29)26-28(2)8-4-3-5-9-28)25-27(16-7-6-14(23)11-15(16)24)19(21)17-10-13(22)12-31-17/h6-7,10-12,19,30H,3-5,8-9H2,1-2H3/p+1. The molecule has 2 atom stereocenters. The third-order valence-electron chi connectivity index (χ3n) is 5.87. The van der Waals surface area contributed by atoms with E-state index in [4.69, 9.17) is 23.2 Å². The molecule has 4 rings (SSSR count). The summed E-state index contributed by atoms with van der Waals surface area (Å²) >= 11 is 17.5. The summed E-state index contributed by atoms with van der Waals surface area (Å²) in [6.07, 6.45) is 3.27. The van der Waals surface area contributed by atoms with Crippen molar-refractivity contribution in [1.82, 2.24) is 5.43 Å². The molecule has 2 aliphatic heterocycles. The molecular formula is C21H24BrCl2N4O2S+. The maximum atomic E-state index is 13.3. The van der Waals surface area contributed by atoms with Crippen LogP contribution in [0.25, 0.3) is 0 Å². The average Bonchev–Trinajstić information content (AvgIpc) is 3.21. The highest BCUT2D eigenvalue weighted by atomic mass is 79.9. The van der Waals surface area contributed by atoms with Crippen molar-refractivity contribution < 1.29 is 14.5 Å². The summed E-state index contributed by atoms with van der Waals surface area (Å²) in [4.78, 5) is 14.2. The number of piperidine rings is 1. The van der Waals surface area contributed by atoms with Gasteiger partial charge in [0.05, 0.1) is 17.8 Å². The molecule has 31 heavy (non-hydrogen) atoms. The number of benzene rings is 1. The molecule has 10 heteroatoms. The topological polar surface area (TPSA) is 64.9 Å². The molecule has 1 aromatic heterocycles. The van der Waals surface area contributed by atoms with Crippen LogP contribution < -0.4 is 10.4 Å². The Morgan fingerprint density at radius 1 is 1.32 bits per heavy atom. The lowest BCUT2D eigenvalue weighted by Gasteiger charge is -2.37. The minimum absolute atomic E-state index is 0.0676. The van der Waals surface area contributed by atoms with Crippen molar-refractivity contribution in [3.63, 3.8) is 0 Å². The summed E-state index contributed by atoms with van der Waals surface area (Å²) in [6, 6.07) is 6.40. The minimum Gasteiger partial charge on any atom is -0.381 e. The molecule has 0 spiro atoms. The van der Waals surface area contributed by atoms with Crippen LogP contribution in [0.1, 0.15) is 37.1 Å². The Morgan fingerprint density at radius 2 is 2.03 bits per heavy atom. The third-order valence-corrected chi connectivity index (χ3v) is 8.15. The van der Waals surface area contributed by atoms with E-state index in [9.17, 15) is 9.90 Å². The lowest BCUT2D eigenvalue weighted by Crippen LogP contribution is -2.62. The molecule has 1 aromatic carbocycles. The van der Waals surface area contributed by atoms with Gasteiger partial charge in [0.2, 0.25) is 0 Å². The Balaban J connectivity index is 1.74. The van der Waals surface area contributed by atoms with Crippen molar-refractivity contribution in [2.75, 3.05) is 25.1 Å². The molecule has 6 nitrogen and oxygen atoms in total. The van der Waals surface area contributed by atoms with Gasteiger partial charge in [-0.2, -0.15) is 10.5 Å². The van der Waals surface area contributed by atoms with Crippen LogP contribution in [0.5, 0.6) is 0 Å². The Morgan fingerprint density at radius 3 is 2.65 bits per heavy atom. The van der Waals surface area contributed by atoms with Crippen molar-refractivity contribution in [2.45, 2.75) is 37.8 Å². The van der Waals surface area contributed by atoms with Crippen LogP contribution in [0, 0.1) is 0 Å². The number of nitrogens with one attached hydrogen (secondary N) is 1. The summed E-state index contributed by atoms with van der Waals surface area (Å²) < 4.78 is 1.33. The maximum absolute atomic E-state index is 13.3. The van der Waals surface area contributed by atoms with Crippen molar-refractivity contribution in [2.24, 2.45) is 5.10 Å². The van der Waals surface area contributed by atoms with Gasteiger partial charge in [-0.15, -0.1) is 11.3 Å². The van der Waals surface area contributed by atoms with Gasteiger partial charge in [-0.1, -0.05) is 23.2 Å². The molecule has 3 heterocycles.